The van der Waals surface area contributed by atoms with Gasteiger partial charge in [0.1, 0.15) is 6.10 Å². The molecular weight excluding hydrogens is 481 g/mol. The molecule has 1 saturated carbocycles. The Morgan fingerprint density at radius 2 is 2.00 bits per heavy atom. The van der Waals surface area contributed by atoms with Crippen molar-refractivity contribution in [3.63, 3.8) is 0 Å². The SMILES string of the molecule is CCNC(=NCc1ccc(OC2CCCCC2)nc1)NCCN1CCOCC1.I. The van der Waals surface area contributed by atoms with Gasteiger partial charge in [-0.05, 0) is 38.2 Å². The lowest BCUT2D eigenvalue weighted by molar-refractivity contribution is 0.0389. The number of rotatable bonds is 8. The van der Waals surface area contributed by atoms with E-state index < -0.39 is 0 Å². The third kappa shape index (κ3) is 9.04. The Hall–Kier alpha value is -1.13. The fourth-order valence-electron chi connectivity index (χ4n) is 3.60. The van der Waals surface area contributed by atoms with E-state index in [1.165, 1.54) is 19.3 Å². The third-order valence-corrected chi connectivity index (χ3v) is 5.23. The number of nitrogens with zero attached hydrogens (tertiary/aromatic N) is 3. The molecule has 0 amide bonds. The van der Waals surface area contributed by atoms with E-state index in [-0.39, 0.29) is 24.0 Å². The van der Waals surface area contributed by atoms with E-state index in [1.807, 2.05) is 12.3 Å². The van der Waals surface area contributed by atoms with Crippen molar-refractivity contribution >= 4 is 29.9 Å². The van der Waals surface area contributed by atoms with E-state index >= 15 is 0 Å². The molecule has 0 radical (unpaired) electrons. The molecule has 8 heteroatoms. The predicted molar refractivity (Wildman–Crippen MR) is 127 cm³/mol. The average molecular weight is 517 g/mol. The summed E-state index contributed by atoms with van der Waals surface area (Å²) >= 11 is 0. The molecule has 0 spiro atoms. The van der Waals surface area contributed by atoms with Gasteiger partial charge in [0.15, 0.2) is 5.96 Å². The van der Waals surface area contributed by atoms with Crippen molar-refractivity contribution in [3.05, 3.63) is 23.9 Å². The molecule has 2 aliphatic rings. The largest absolute Gasteiger partial charge is 0.474 e. The summed E-state index contributed by atoms with van der Waals surface area (Å²) in [4.78, 5) is 11.6. The number of hydrogen-bond donors (Lipinski definition) is 2. The van der Waals surface area contributed by atoms with Gasteiger partial charge in [-0.2, -0.15) is 0 Å². The normalized spacial score (nSPS) is 18.7. The second kappa shape index (κ2) is 14.0. The minimum absolute atomic E-state index is 0. The van der Waals surface area contributed by atoms with Crippen molar-refractivity contribution in [2.24, 2.45) is 4.99 Å². The standard InChI is InChI=1S/C21H35N5O2.HI/c1-2-22-21(23-10-11-26-12-14-27-15-13-26)25-17-18-8-9-20(24-16-18)28-19-6-4-3-5-7-19;/h8-9,16,19H,2-7,10-15,17H2,1H3,(H2,22,23,25);1H. The molecule has 1 aromatic heterocycles. The van der Waals surface area contributed by atoms with Crippen LogP contribution in [0.2, 0.25) is 0 Å². The molecule has 0 unspecified atom stereocenters. The first-order valence-electron chi connectivity index (χ1n) is 10.8. The fourth-order valence-corrected chi connectivity index (χ4v) is 3.60. The second-order valence-corrected chi connectivity index (χ2v) is 7.46. The minimum atomic E-state index is 0. The summed E-state index contributed by atoms with van der Waals surface area (Å²) in [6.45, 7) is 9.09. The molecule has 1 saturated heterocycles. The van der Waals surface area contributed by atoms with E-state index in [0.717, 1.165) is 76.2 Å². The van der Waals surface area contributed by atoms with Gasteiger partial charge in [0, 0.05) is 45.0 Å². The maximum absolute atomic E-state index is 6.00. The monoisotopic (exact) mass is 517 g/mol. The van der Waals surface area contributed by atoms with Crippen LogP contribution < -0.4 is 15.4 Å². The number of halogens is 1. The summed E-state index contributed by atoms with van der Waals surface area (Å²) in [6.07, 6.45) is 8.37. The molecule has 3 rings (SSSR count). The van der Waals surface area contributed by atoms with Crippen molar-refractivity contribution in [1.29, 1.82) is 0 Å². The van der Waals surface area contributed by atoms with E-state index in [9.17, 15) is 0 Å². The molecule has 1 aromatic rings. The Morgan fingerprint density at radius 1 is 1.21 bits per heavy atom. The van der Waals surface area contributed by atoms with Crippen LogP contribution >= 0.6 is 24.0 Å². The highest BCUT2D eigenvalue weighted by molar-refractivity contribution is 14.0. The van der Waals surface area contributed by atoms with E-state index in [4.69, 9.17) is 9.47 Å². The van der Waals surface area contributed by atoms with Gasteiger partial charge in [-0.3, -0.25) is 4.90 Å². The maximum Gasteiger partial charge on any atom is 0.213 e. The Morgan fingerprint density at radius 3 is 2.69 bits per heavy atom. The third-order valence-electron chi connectivity index (χ3n) is 5.23. The van der Waals surface area contributed by atoms with Crippen LogP contribution in [0.25, 0.3) is 0 Å². The first-order valence-corrected chi connectivity index (χ1v) is 10.8. The highest BCUT2D eigenvalue weighted by atomic mass is 127. The molecule has 164 valence electrons. The lowest BCUT2D eigenvalue weighted by atomic mass is 9.98. The highest BCUT2D eigenvalue weighted by Crippen LogP contribution is 2.22. The van der Waals surface area contributed by atoms with Crippen LogP contribution in [0.5, 0.6) is 5.88 Å². The zero-order valence-electron chi connectivity index (χ0n) is 17.6. The molecule has 1 aliphatic carbocycles. The summed E-state index contributed by atoms with van der Waals surface area (Å²) in [6, 6.07) is 4.03. The maximum atomic E-state index is 6.00. The molecule has 7 nitrogen and oxygen atoms in total. The summed E-state index contributed by atoms with van der Waals surface area (Å²) < 4.78 is 11.4. The summed E-state index contributed by atoms with van der Waals surface area (Å²) in [5.41, 5.74) is 1.08. The van der Waals surface area contributed by atoms with Crippen LogP contribution in [0, 0.1) is 0 Å². The van der Waals surface area contributed by atoms with Crippen LogP contribution in [-0.4, -0.2) is 67.9 Å². The smallest absolute Gasteiger partial charge is 0.213 e. The van der Waals surface area contributed by atoms with Gasteiger partial charge in [0.05, 0.1) is 19.8 Å². The van der Waals surface area contributed by atoms with Crippen molar-refractivity contribution in [3.8, 4) is 5.88 Å². The Bertz CT molecular complexity index is 587. The number of nitrogens with one attached hydrogen (secondary N) is 2. The number of pyridine rings is 1. The van der Waals surface area contributed by atoms with Crippen LogP contribution in [0.4, 0.5) is 0 Å². The zero-order valence-corrected chi connectivity index (χ0v) is 19.9. The molecular formula is C21H36IN5O2. The first-order chi connectivity index (χ1) is 13.8. The van der Waals surface area contributed by atoms with Crippen LogP contribution in [-0.2, 0) is 11.3 Å². The van der Waals surface area contributed by atoms with E-state index in [0.29, 0.717) is 12.6 Å². The number of aliphatic imine (C=N–C) groups is 1. The van der Waals surface area contributed by atoms with Gasteiger partial charge in [-0.15, -0.1) is 24.0 Å². The number of guanidine groups is 1. The second-order valence-electron chi connectivity index (χ2n) is 7.46. The Kier molecular flexibility index (Phi) is 11.6. The summed E-state index contributed by atoms with van der Waals surface area (Å²) in [5, 5.41) is 6.72. The van der Waals surface area contributed by atoms with Gasteiger partial charge < -0.3 is 20.1 Å². The number of morpholine rings is 1. The van der Waals surface area contributed by atoms with Crippen LogP contribution in [0.1, 0.15) is 44.6 Å². The van der Waals surface area contributed by atoms with Gasteiger partial charge >= 0.3 is 0 Å². The minimum Gasteiger partial charge on any atom is -0.474 e. The average Bonchev–Trinajstić information content (AvgIpc) is 2.74. The van der Waals surface area contributed by atoms with Crippen molar-refractivity contribution in [2.45, 2.75) is 51.7 Å². The number of ether oxygens (including phenoxy) is 2. The van der Waals surface area contributed by atoms with Crippen molar-refractivity contribution in [1.82, 2.24) is 20.5 Å². The fraction of sp³-hybridized carbons (Fsp3) is 0.714. The molecule has 2 heterocycles. The van der Waals surface area contributed by atoms with Crippen molar-refractivity contribution in [2.75, 3.05) is 45.9 Å². The molecule has 0 atom stereocenters. The van der Waals surface area contributed by atoms with E-state index in [2.05, 4.69) is 38.5 Å². The quantitative estimate of drug-likeness (QED) is 0.314. The van der Waals surface area contributed by atoms with Gasteiger partial charge in [0.2, 0.25) is 5.88 Å². The number of aromatic nitrogens is 1. The molecule has 2 fully saturated rings. The predicted octanol–water partition coefficient (Wildman–Crippen LogP) is 2.80. The number of hydrogen-bond acceptors (Lipinski definition) is 5. The Balaban J connectivity index is 0.00000300. The molecule has 29 heavy (non-hydrogen) atoms. The molecule has 0 aromatic carbocycles. The molecule has 0 bridgehead atoms. The van der Waals surface area contributed by atoms with E-state index in [1.54, 1.807) is 0 Å². The topological polar surface area (TPSA) is 71.0 Å². The molecule has 1 aliphatic heterocycles. The molecule has 2 N–H and O–H groups in total. The first kappa shape index (κ1) is 24.1. The van der Waals surface area contributed by atoms with Crippen LogP contribution in [0.3, 0.4) is 0 Å². The van der Waals surface area contributed by atoms with Crippen LogP contribution in [0.15, 0.2) is 23.3 Å². The zero-order chi connectivity index (χ0) is 19.4. The lowest BCUT2D eigenvalue weighted by Crippen LogP contribution is -2.44. The lowest BCUT2D eigenvalue weighted by Gasteiger charge is -2.26. The summed E-state index contributed by atoms with van der Waals surface area (Å²) in [7, 11) is 0. The van der Waals surface area contributed by atoms with Crippen molar-refractivity contribution < 1.29 is 9.47 Å². The van der Waals surface area contributed by atoms with Gasteiger partial charge in [-0.1, -0.05) is 12.5 Å². The highest BCUT2D eigenvalue weighted by Gasteiger charge is 2.15. The summed E-state index contributed by atoms with van der Waals surface area (Å²) in [5.74, 6) is 1.58. The van der Waals surface area contributed by atoms with Gasteiger partial charge in [-0.25, -0.2) is 9.98 Å². The Labute approximate surface area is 192 Å². The van der Waals surface area contributed by atoms with Gasteiger partial charge in [0.25, 0.3) is 0 Å².